The summed E-state index contributed by atoms with van der Waals surface area (Å²) < 4.78 is 28.0. The normalized spacial score (nSPS) is 23.2. The van der Waals surface area contributed by atoms with E-state index in [2.05, 4.69) is 5.32 Å². The van der Waals surface area contributed by atoms with Crippen LogP contribution in [0.5, 0.6) is 0 Å². The zero-order valence-corrected chi connectivity index (χ0v) is 16.3. The Kier molecular flexibility index (Phi) is 5.75. The first-order chi connectivity index (χ1) is 12.7. The van der Waals surface area contributed by atoms with Gasteiger partial charge in [0.05, 0.1) is 28.9 Å². The van der Waals surface area contributed by atoms with Crippen molar-refractivity contribution in [3.8, 4) is 0 Å². The van der Waals surface area contributed by atoms with Gasteiger partial charge in [-0.15, -0.1) is 11.8 Å². The predicted molar refractivity (Wildman–Crippen MR) is 100 cm³/mol. The third kappa shape index (κ3) is 4.81. The van der Waals surface area contributed by atoms with E-state index in [1.54, 1.807) is 6.07 Å². The van der Waals surface area contributed by atoms with Crippen molar-refractivity contribution >= 4 is 45.1 Å². The number of hydrogen-bond donors (Lipinski definition) is 1. The minimum absolute atomic E-state index is 0.0601. The number of anilines is 1. The van der Waals surface area contributed by atoms with E-state index in [1.807, 2.05) is 18.2 Å². The third-order valence-electron chi connectivity index (χ3n) is 4.56. The van der Waals surface area contributed by atoms with Gasteiger partial charge in [0.25, 0.3) is 5.91 Å². The number of fused-ring (bicyclic) bond motifs is 1. The molecule has 2 amide bonds. The van der Waals surface area contributed by atoms with Gasteiger partial charge in [0.15, 0.2) is 16.4 Å². The van der Waals surface area contributed by atoms with Crippen molar-refractivity contribution < 1.29 is 27.5 Å². The van der Waals surface area contributed by atoms with Crippen LogP contribution in [0.15, 0.2) is 29.2 Å². The summed E-state index contributed by atoms with van der Waals surface area (Å²) in [6, 6.07) is 6.90. The van der Waals surface area contributed by atoms with Crippen molar-refractivity contribution in [1.29, 1.82) is 0 Å². The molecule has 3 rings (SSSR count). The fourth-order valence-electron chi connectivity index (χ4n) is 2.97. The zero-order chi connectivity index (χ0) is 19.6. The molecule has 2 aliphatic rings. The average molecular weight is 412 g/mol. The highest BCUT2D eigenvalue weighted by Crippen LogP contribution is 2.36. The monoisotopic (exact) mass is 412 g/mol. The molecule has 0 aromatic heterocycles. The Labute approximate surface area is 161 Å². The predicted octanol–water partition coefficient (Wildman–Crippen LogP) is 0.678. The van der Waals surface area contributed by atoms with E-state index in [0.717, 1.165) is 4.90 Å². The molecule has 2 aliphatic heterocycles. The van der Waals surface area contributed by atoms with Crippen LogP contribution in [0.1, 0.15) is 12.8 Å². The minimum Gasteiger partial charge on any atom is -0.456 e. The number of ether oxygens (including phenoxy) is 1. The second kappa shape index (κ2) is 7.89. The summed E-state index contributed by atoms with van der Waals surface area (Å²) in [5.41, 5.74) is 0.709. The number of likely N-dealkylation sites (N-methyl/N-ethyl adjacent to an activating group) is 1. The molecule has 0 saturated carbocycles. The van der Waals surface area contributed by atoms with Crippen LogP contribution >= 0.6 is 11.8 Å². The van der Waals surface area contributed by atoms with E-state index < -0.39 is 39.6 Å². The number of amides is 2. The Balaban J connectivity index is 1.48. The fourth-order valence-corrected chi connectivity index (χ4v) is 5.84. The number of carbonyl (C=O) groups is 3. The van der Waals surface area contributed by atoms with Crippen LogP contribution in [-0.4, -0.2) is 67.6 Å². The van der Waals surface area contributed by atoms with Gasteiger partial charge >= 0.3 is 5.97 Å². The van der Waals surface area contributed by atoms with Crippen LogP contribution in [-0.2, 0) is 29.0 Å². The molecule has 0 bridgehead atoms. The molecule has 1 N–H and O–H groups in total. The lowest BCUT2D eigenvalue weighted by molar-refractivity contribution is -0.152. The second-order valence-electron chi connectivity index (χ2n) is 6.52. The standard InChI is InChI=1S/C17H20N2O6S2/c1-19(11-6-7-27(23,24)10-11)15(20)9-25-16(21)8-14-17(22)18-12-4-2-3-5-13(12)26-14/h2-5,11,14H,6-10H2,1H3,(H,18,22)/t11-,14-/m0/s1. The summed E-state index contributed by atoms with van der Waals surface area (Å²) in [6.07, 6.45) is 0.233. The van der Waals surface area contributed by atoms with Crippen LogP contribution in [0.25, 0.3) is 0 Å². The Morgan fingerprint density at radius 3 is 2.78 bits per heavy atom. The first kappa shape index (κ1) is 19.7. The molecule has 1 aromatic carbocycles. The molecule has 1 saturated heterocycles. The van der Waals surface area contributed by atoms with Crippen molar-refractivity contribution in [3.63, 3.8) is 0 Å². The number of nitrogens with zero attached hydrogens (tertiary/aromatic N) is 1. The fraction of sp³-hybridized carbons (Fsp3) is 0.471. The molecular formula is C17H20N2O6S2. The largest absolute Gasteiger partial charge is 0.456 e. The number of thioether (sulfide) groups is 1. The van der Waals surface area contributed by atoms with Crippen LogP contribution in [0.3, 0.4) is 0 Å². The Bertz CT molecular complexity index is 870. The Hall–Kier alpha value is -2.07. The quantitative estimate of drug-likeness (QED) is 0.708. The summed E-state index contributed by atoms with van der Waals surface area (Å²) in [5, 5.41) is 2.12. The van der Waals surface area contributed by atoms with E-state index in [1.165, 1.54) is 23.7 Å². The molecule has 1 fully saturated rings. The van der Waals surface area contributed by atoms with Gasteiger partial charge in [-0.05, 0) is 18.6 Å². The van der Waals surface area contributed by atoms with Gasteiger partial charge in [0.1, 0.15) is 0 Å². The van der Waals surface area contributed by atoms with Gasteiger partial charge in [0.2, 0.25) is 5.91 Å². The van der Waals surface area contributed by atoms with Gasteiger partial charge in [-0.25, -0.2) is 8.42 Å². The summed E-state index contributed by atoms with van der Waals surface area (Å²) >= 11 is 1.28. The molecule has 2 heterocycles. The number of hydrogen-bond acceptors (Lipinski definition) is 7. The maximum Gasteiger partial charge on any atom is 0.307 e. The number of para-hydroxylation sites is 1. The van der Waals surface area contributed by atoms with Crippen LogP contribution in [0.4, 0.5) is 5.69 Å². The summed E-state index contributed by atoms with van der Waals surface area (Å²) in [4.78, 5) is 38.5. The smallest absolute Gasteiger partial charge is 0.307 e. The number of rotatable bonds is 5. The van der Waals surface area contributed by atoms with Crippen LogP contribution in [0.2, 0.25) is 0 Å². The molecule has 27 heavy (non-hydrogen) atoms. The molecule has 0 spiro atoms. The number of carbonyl (C=O) groups excluding carboxylic acids is 3. The van der Waals surface area contributed by atoms with Crippen molar-refractivity contribution in [1.82, 2.24) is 4.90 Å². The SMILES string of the molecule is CN(C(=O)COC(=O)C[C@@H]1Sc2ccccc2NC1=O)[C@H]1CCS(=O)(=O)C1. The van der Waals surface area contributed by atoms with Gasteiger partial charge in [-0.1, -0.05) is 12.1 Å². The first-order valence-electron chi connectivity index (χ1n) is 8.43. The molecule has 10 heteroatoms. The van der Waals surface area contributed by atoms with Crippen molar-refractivity contribution in [2.24, 2.45) is 0 Å². The number of benzene rings is 1. The second-order valence-corrected chi connectivity index (χ2v) is 9.99. The number of nitrogens with one attached hydrogen (secondary N) is 1. The lowest BCUT2D eigenvalue weighted by Gasteiger charge is -2.24. The maximum absolute atomic E-state index is 12.1. The highest BCUT2D eigenvalue weighted by Gasteiger charge is 2.33. The van der Waals surface area contributed by atoms with Gasteiger partial charge < -0.3 is 15.0 Å². The summed E-state index contributed by atoms with van der Waals surface area (Å²) in [6.45, 7) is -0.471. The summed E-state index contributed by atoms with van der Waals surface area (Å²) in [7, 11) is -1.60. The van der Waals surface area contributed by atoms with E-state index in [4.69, 9.17) is 4.74 Å². The number of sulfone groups is 1. The lowest BCUT2D eigenvalue weighted by Crippen LogP contribution is -2.40. The number of esters is 1. The zero-order valence-electron chi connectivity index (χ0n) is 14.7. The van der Waals surface area contributed by atoms with Crippen LogP contribution in [0, 0.1) is 0 Å². The molecule has 146 valence electrons. The maximum atomic E-state index is 12.1. The molecule has 1 aromatic rings. The van der Waals surface area contributed by atoms with Crippen molar-refractivity contribution in [2.45, 2.75) is 29.0 Å². The van der Waals surface area contributed by atoms with Crippen molar-refractivity contribution in [3.05, 3.63) is 24.3 Å². The van der Waals surface area contributed by atoms with Crippen molar-refractivity contribution in [2.75, 3.05) is 30.5 Å². The lowest BCUT2D eigenvalue weighted by atomic mass is 10.2. The van der Waals surface area contributed by atoms with Gasteiger partial charge in [-0.3, -0.25) is 14.4 Å². The highest BCUT2D eigenvalue weighted by atomic mass is 32.2. The van der Waals surface area contributed by atoms with E-state index in [9.17, 15) is 22.8 Å². The summed E-state index contributed by atoms with van der Waals surface area (Å²) in [5.74, 6) is -1.40. The van der Waals surface area contributed by atoms with E-state index in [-0.39, 0.29) is 23.8 Å². The molecular weight excluding hydrogens is 392 g/mol. The molecule has 0 radical (unpaired) electrons. The third-order valence-corrected chi connectivity index (χ3v) is 7.59. The molecule has 0 unspecified atom stereocenters. The van der Waals surface area contributed by atoms with Gasteiger partial charge in [0, 0.05) is 18.0 Å². The van der Waals surface area contributed by atoms with E-state index in [0.29, 0.717) is 12.1 Å². The molecule has 8 nitrogen and oxygen atoms in total. The highest BCUT2D eigenvalue weighted by molar-refractivity contribution is 8.01. The first-order valence-corrected chi connectivity index (χ1v) is 11.1. The molecule has 0 aliphatic carbocycles. The molecule has 2 atom stereocenters. The average Bonchev–Trinajstić information content (AvgIpc) is 2.99. The van der Waals surface area contributed by atoms with E-state index >= 15 is 0 Å². The Morgan fingerprint density at radius 2 is 2.07 bits per heavy atom. The minimum atomic E-state index is -3.10. The van der Waals surface area contributed by atoms with Gasteiger partial charge in [-0.2, -0.15) is 0 Å². The topological polar surface area (TPSA) is 110 Å². The Morgan fingerprint density at radius 1 is 1.33 bits per heavy atom. The van der Waals surface area contributed by atoms with Crippen LogP contribution < -0.4 is 5.32 Å².